The van der Waals surface area contributed by atoms with Crippen molar-refractivity contribution >= 4 is 0 Å². The lowest BCUT2D eigenvalue weighted by molar-refractivity contribution is 0.138. The van der Waals surface area contributed by atoms with Crippen molar-refractivity contribution in [2.45, 2.75) is 78.7 Å². The van der Waals surface area contributed by atoms with E-state index in [2.05, 4.69) is 39.8 Å². The molecule has 2 unspecified atom stereocenters. The highest BCUT2D eigenvalue weighted by atomic mass is 16.3. The average Bonchev–Trinajstić information content (AvgIpc) is 2.46. The largest absolute Gasteiger partial charge is 0.512 e. The molecule has 0 saturated carbocycles. The van der Waals surface area contributed by atoms with Crippen molar-refractivity contribution < 1.29 is 10.2 Å². The van der Waals surface area contributed by atoms with E-state index in [-0.39, 0.29) is 5.92 Å². The van der Waals surface area contributed by atoms with Gasteiger partial charge in [-0.25, -0.2) is 0 Å². The van der Waals surface area contributed by atoms with Gasteiger partial charge in [0.05, 0.1) is 11.9 Å². The van der Waals surface area contributed by atoms with E-state index in [0.29, 0.717) is 12.2 Å². The molecule has 1 aliphatic carbocycles. The smallest absolute Gasteiger partial charge is 0.0988 e. The van der Waals surface area contributed by atoms with Crippen LogP contribution in [0, 0.1) is 5.92 Å². The van der Waals surface area contributed by atoms with Gasteiger partial charge in [-0.3, -0.25) is 0 Å². The summed E-state index contributed by atoms with van der Waals surface area (Å²) in [7, 11) is 0. The standard InChI is InChI=1S/C21H34O2/c1-5-6-7-11-18-14-20(22)19(21(23)15-18)13-12-17(4)10-8-9-16(2)3/h9,12,14-15,19-20,22-23H,5-8,10-11,13H2,1-4H3/b17-12+. The first kappa shape index (κ1) is 19.8. The molecule has 0 fully saturated rings. The van der Waals surface area contributed by atoms with Crippen LogP contribution in [0.15, 0.2) is 46.8 Å². The molecule has 2 N–H and O–H groups in total. The molecule has 0 spiro atoms. The van der Waals surface area contributed by atoms with Crippen molar-refractivity contribution in [3.63, 3.8) is 0 Å². The summed E-state index contributed by atoms with van der Waals surface area (Å²) in [6.45, 7) is 8.54. The Morgan fingerprint density at radius 2 is 1.91 bits per heavy atom. The molecule has 1 rings (SSSR count). The topological polar surface area (TPSA) is 40.5 Å². The number of hydrogen-bond acceptors (Lipinski definition) is 2. The Bertz CT molecular complexity index is 476. The minimum atomic E-state index is -0.571. The molecule has 0 radical (unpaired) electrons. The third-order valence-corrected chi connectivity index (χ3v) is 4.39. The highest BCUT2D eigenvalue weighted by Gasteiger charge is 2.24. The fourth-order valence-electron chi connectivity index (χ4n) is 2.87. The molecule has 0 aromatic rings. The molecule has 0 heterocycles. The van der Waals surface area contributed by atoms with Gasteiger partial charge in [0.15, 0.2) is 0 Å². The fourth-order valence-corrected chi connectivity index (χ4v) is 2.87. The molecule has 2 nitrogen and oxygen atoms in total. The first-order chi connectivity index (χ1) is 10.9. The Labute approximate surface area is 142 Å². The van der Waals surface area contributed by atoms with Gasteiger partial charge in [-0.1, -0.05) is 49.1 Å². The second kappa shape index (κ2) is 10.5. The zero-order valence-corrected chi connectivity index (χ0v) is 15.3. The summed E-state index contributed by atoms with van der Waals surface area (Å²) < 4.78 is 0. The Balaban J connectivity index is 2.52. The highest BCUT2D eigenvalue weighted by Crippen LogP contribution is 2.28. The lowest BCUT2D eigenvalue weighted by Crippen LogP contribution is -2.23. The average molecular weight is 319 g/mol. The maximum Gasteiger partial charge on any atom is 0.0988 e. The molecule has 0 aliphatic heterocycles. The van der Waals surface area contributed by atoms with Gasteiger partial charge >= 0.3 is 0 Å². The molecular weight excluding hydrogens is 284 g/mol. The SMILES string of the molecule is CCCCCC1=CC(O)C(C/C=C(\C)CCC=C(C)C)C(O)=C1. The quantitative estimate of drug-likeness (QED) is 0.404. The van der Waals surface area contributed by atoms with Crippen LogP contribution in [-0.2, 0) is 0 Å². The summed E-state index contributed by atoms with van der Waals surface area (Å²) in [5.41, 5.74) is 3.74. The molecule has 1 aliphatic rings. The van der Waals surface area contributed by atoms with E-state index in [1.807, 2.05) is 12.2 Å². The Kier molecular flexibility index (Phi) is 9.01. The van der Waals surface area contributed by atoms with Gasteiger partial charge in [-0.05, 0) is 64.5 Å². The minimum absolute atomic E-state index is 0.191. The van der Waals surface area contributed by atoms with Crippen LogP contribution in [-0.4, -0.2) is 16.3 Å². The molecule has 0 aromatic carbocycles. The van der Waals surface area contributed by atoms with Gasteiger partial charge in [0.2, 0.25) is 0 Å². The number of aliphatic hydroxyl groups is 2. The molecule has 130 valence electrons. The van der Waals surface area contributed by atoms with Gasteiger partial charge in [-0.2, -0.15) is 0 Å². The predicted octanol–water partition coefficient (Wildman–Crippen LogP) is 6.01. The molecule has 0 amide bonds. The number of allylic oxidation sites excluding steroid dienone is 6. The van der Waals surface area contributed by atoms with E-state index in [9.17, 15) is 10.2 Å². The van der Waals surface area contributed by atoms with Gasteiger partial charge in [-0.15, -0.1) is 0 Å². The lowest BCUT2D eigenvalue weighted by Gasteiger charge is -2.24. The summed E-state index contributed by atoms with van der Waals surface area (Å²) in [4.78, 5) is 0. The molecule has 0 bridgehead atoms. The zero-order chi connectivity index (χ0) is 17.2. The van der Waals surface area contributed by atoms with E-state index >= 15 is 0 Å². The molecule has 23 heavy (non-hydrogen) atoms. The molecule has 0 saturated heterocycles. The van der Waals surface area contributed by atoms with Gasteiger partial charge in [0.25, 0.3) is 0 Å². The number of rotatable bonds is 9. The van der Waals surface area contributed by atoms with Gasteiger partial charge in [0.1, 0.15) is 0 Å². The summed E-state index contributed by atoms with van der Waals surface area (Å²) in [6, 6.07) is 0. The Morgan fingerprint density at radius 1 is 1.17 bits per heavy atom. The summed E-state index contributed by atoms with van der Waals surface area (Å²) >= 11 is 0. The van der Waals surface area contributed by atoms with E-state index in [0.717, 1.165) is 31.3 Å². The Morgan fingerprint density at radius 3 is 2.52 bits per heavy atom. The van der Waals surface area contributed by atoms with Crippen molar-refractivity contribution in [1.82, 2.24) is 0 Å². The van der Waals surface area contributed by atoms with Crippen LogP contribution in [0.3, 0.4) is 0 Å². The van der Waals surface area contributed by atoms with Crippen LogP contribution in [0.4, 0.5) is 0 Å². The molecule has 0 aromatic heterocycles. The third-order valence-electron chi connectivity index (χ3n) is 4.39. The van der Waals surface area contributed by atoms with E-state index < -0.39 is 6.10 Å². The summed E-state index contributed by atoms with van der Waals surface area (Å²) in [5, 5.41) is 20.6. The van der Waals surface area contributed by atoms with Crippen molar-refractivity contribution in [3.05, 3.63) is 46.8 Å². The number of unbranched alkanes of at least 4 members (excludes halogenated alkanes) is 2. The molecule has 2 atom stereocenters. The first-order valence-corrected chi connectivity index (χ1v) is 9.02. The Hall–Kier alpha value is -1.28. The second-order valence-corrected chi connectivity index (χ2v) is 6.97. The van der Waals surface area contributed by atoms with Gasteiger partial charge < -0.3 is 10.2 Å². The lowest BCUT2D eigenvalue weighted by atomic mass is 9.87. The normalized spacial score (nSPS) is 21.7. The van der Waals surface area contributed by atoms with Crippen LogP contribution in [0.25, 0.3) is 0 Å². The third kappa shape index (κ3) is 7.69. The molecular formula is C21H34O2. The summed E-state index contributed by atoms with van der Waals surface area (Å²) in [6.07, 6.45) is 14.9. The second-order valence-electron chi connectivity index (χ2n) is 6.97. The maximum atomic E-state index is 10.3. The summed E-state index contributed by atoms with van der Waals surface area (Å²) in [5.74, 6) is 0.142. The van der Waals surface area contributed by atoms with Gasteiger partial charge in [0, 0.05) is 5.92 Å². The van der Waals surface area contributed by atoms with E-state index in [1.165, 1.54) is 24.0 Å². The van der Waals surface area contributed by atoms with Crippen LogP contribution in [0.2, 0.25) is 0 Å². The number of aliphatic hydroxyl groups excluding tert-OH is 2. The highest BCUT2D eigenvalue weighted by molar-refractivity contribution is 5.29. The molecule has 2 heteroatoms. The van der Waals surface area contributed by atoms with Crippen molar-refractivity contribution in [2.75, 3.05) is 0 Å². The first-order valence-electron chi connectivity index (χ1n) is 9.02. The van der Waals surface area contributed by atoms with Crippen molar-refractivity contribution in [3.8, 4) is 0 Å². The van der Waals surface area contributed by atoms with Crippen molar-refractivity contribution in [2.24, 2.45) is 5.92 Å². The zero-order valence-electron chi connectivity index (χ0n) is 15.3. The van der Waals surface area contributed by atoms with Crippen LogP contribution < -0.4 is 0 Å². The van der Waals surface area contributed by atoms with Crippen LogP contribution in [0.1, 0.15) is 72.6 Å². The van der Waals surface area contributed by atoms with Crippen LogP contribution >= 0.6 is 0 Å². The van der Waals surface area contributed by atoms with E-state index in [4.69, 9.17) is 0 Å². The fraction of sp³-hybridized carbons (Fsp3) is 0.619. The number of hydrogen-bond donors (Lipinski definition) is 2. The maximum absolute atomic E-state index is 10.3. The monoisotopic (exact) mass is 318 g/mol. The minimum Gasteiger partial charge on any atom is -0.512 e. The van der Waals surface area contributed by atoms with Crippen LogP contribution in [0.5, 0.6) is 0 Å². The predicted molar refractivity (Wildman–Crippen MR) is 99.5 cm³/mol. The van der Waals surface area contributed by atoms with E-state index in [1.54, 1.807) is 0 Å². The van der Waals surface area contributed by atoms with Crippen molar-refractivity contribution in [1.29, 1.82) is 0 Å².